The fourth-order valence-corrected chi connectivity index (χ4v) is 6.17. The second kappa shape index (κ2) is 9.44. The van der Waals surface area contributed by atoms with Gasteiger partial charge in [0.1, 0.15) is 22.8 Å². The first-order valence-electron chi connectivity index (χ1n) is 12.9. The Labute approximate surface area is 225 Å². The highest BCUT2D eigenvalue weighted by Gasteiger charge is 2.60. The highest BCUT2D eigenvalue weighted by Crippen LogP contribution is 2.53. The van der Waals surface area contributed by atoms with E-state index < -0.39 is 52.0 Å². The number of phenolic OH excluding ortho intramolecular Hbond substituents is 1. The molecule has 200 valence electrons. The lowest BCUT2D eigenvalue weighted by Gasteiger charge is -2.46. The van der Waals surface area contributed by atoms with Crippen LogP contribution in [0.25, 0.3) is 5.76 Å². The van der Waals surface area contributed by atoms with Gasteiger partial charge in [-0.15, -0.1) is 0 Å². The maximum Gasteiger partial charge on any atom is 0.255 e. The molecule has 0 unspecified atom stereocenters. The number of amides is 1. The number of hydrogen-bond acceptors (Lipinski definition) is 7. The molecule has 1 amide bonds. The van der Waals surface area contributed by atoms with Crippen molar-refractivity contribution >= 4 is 23.2 Å². The number of carbonyl (C=O) groups is 3. The van der Waals surface area contributed by atoms with Crippen LogP contribution in [0.3, 0.4) is 0 Å². The largest absolute Gasteiger partial charge is 0.508 e. The summed E-state index contributed by atoms with van der Waals surface area (Å²) in [5, 5.41) is 44.8. The molecule has 3 aliphatic rings. The first-order valence-corrected chi connectivity index (χ1v) is 12.9. The number of nitrogens with two attached hydrogens (primary N) is 1. The van der Waals surface area contributed by atoms with Gasteiger partial charge in [0.05, 0.1) is 11.1 Å². The molecular weight excluding hydrogens is 498 g/mol. The first kappa shape index (κ1) is 26.3. The second-order valence-corrected chi connectivity index (χ2v) is 10.7. The first-order chi connectivity index (χ1) is 18.5. The molecule has 1 fully saturated rings. The van der Waals surface area contributed by atoms with E-state index in [4.69, 9.17) is 5.73 Å². The van der Waals surface area contributed by atoms with Gasteiger partial charge >= 0.3 is 0 Å². The van der Waals surface area contributed by atoms with Gasteiger partial charge in [0, 0.05) is 24.3 Å². The van der Waals surface area contributed by atoms with E-state index in [-0.39, 0.29) is 42.1 Å². The van der Waals surface area contributed by atoms with E-state index >= 15 is 0 Å². The Hall–Kier alpha value is -4.35. The summed E-state index contributed by atoms with van der Waals surface area (Å²) in [6.07, 6.45) is 0.468. The topological polar surface area (TPSA) is 158 Å². The van der Waals surface area contributed by atoms with Crippen LogP contribution >= 0.6 is 0 Å². The molecule has 0 spiro atoms. The standard InChI is InChI=1S/C31H29NO7/c1-15(2)20-12-17(10-6-9-16-7-4-3-5-8-16)26(34)24-21(20)13-18-11-19-14-22(33)25(30(32)38)29(37)31(19,39)28(36)23(18)27(24)35/h3-5,7-8,12,15,18-19,34-35,37,39H,9,11,13-14H2,1-2H3,(H2,32,38)/t18-,19+,31+/m1/s1. The van der Waals surface area contributed by atoms with Crippen molar-refractivity contribution < 1.29 is 34.8 Å². The SMILES string of the molecule is CC(C)c1cc(C#CCc2ccccc2)c(O)c2c1C[C@H]1C[C@H]3CC(=O)C(C(N)=O)=C(O)[C@@]3(O)C(=O)C1=C2O. The Morgan fingerprint density at radius 3 is 2.46 bits per heavy atom. The van der Waals surface area contributed by atoms with Crippen LogP contribution in [0.5, 0.6) is 5.75 Å². The number of ketones is 2. The molecule has 0 saturated heterocycles. The molecule has 2 aromatic rings. The summed E-state index contributed by atoms with van der Waals surface area (Å²) in [4.78, 5) is 38.1. The summed E-state index contributed by atoms with van der Waals surface area (Å²) >= 11 is 0. The van der Waals surface area contributed by atoms with Crippen LogP contribution in [0.15, 0.2) is 53.3 Å². The third kappa shape index (κ3) is 4.01. The highest BCUT2D eigenvalue weighted by atomic mass is 16.3. The van der Waals surface area contributed by atoms with E-state index in [1.54, 1.807) is 6.07 Å². The lowest BCUT2D eigenvalue weighted by atomic mass is 9.59. The number of benzene rings is 2. The van der Waals surface area contributed by atoms with Crippen LogP contribution in [0.4, 0.5) is 0 Å². The van der Waals surface area contributed by atoms with Gasteiger partial charge in [-0.05, 0) is 47.4 Å². The summed E-state index contributed by atoms with van der Waals surface area (Å²) in [5.41, 5.74) is 4.58. The summed E-state index contributed by atoms with van der Waals surface area (Å²) in [6.45, 7) is 3.95. The molecule has 6 N–H and O–H groups in total. The molecule has 2 aromatic carbocycles. The predicted molar refractivity (Wildman–Crippen MR) is 142 cm³/mol. The van der Waals surface area contributed by atoms with Crippen molar-refractivity contribution in [1.29, 1.82) is 0 Å². The number of aliphatic hydroxyl groups excluding tert-OH is 2. The number of hydrogen-bond donors (Lipinski definition) is 5. The molecule has 0 bridgehead atoms. The van der Waals surface area contributed by atoms with Gasteiger partial charge in [-0.25, -0.2) is 0 Å². The Balaban J connectivity index is 1.65. The van der Waals surface area contributed by atoms with Crippen LogP contribution < -0.4 is 5.73 Å². The summed E-state index contributed by atoms with van der Waals surface area (Å²) < 4.78 is 0. The predicted octanol–water partition coefficient (Wildman–Crippen LogP) is 3.14. The average molecular weight is 528 g/mol. The number of fused-ring (bicyclic) bond motifs is 3. The Morgan fingerprint density at radius 2 is 1.82 bits per heavy atom. The minimum atomic E-state index is -2.58. The fourth-order valence-electron chi connectivity index (χ4n) is 6.17. The molecule has 5 rings (SSSR count). The zero-order valence-corrected chi connectivity index (χ0v) is 21.6. The summed E-state index contributed by atoms with van der Waals surface area (Å²) in [7, 11) is 0. The monoisotopic (exact) mass is 527 g/mol. The van der Waals surface area contributed by atoms with E-state index in [1.807, 2.05) is 44.2 Å². The van der Waals surface area contributed by atoms with Gasteiger partial charge in [0.25, 0.3) is 5.91 Å². The molecule has 39 heavy (non-hydrogen) atoms. The van der Waals surface area contributed by atoms with E-state index in [0.717, 1.165) is 11.1 Å². The molecule has 3 atom stereocenters. The molecular formula is C31H29NO7. The van der Waals surface area contributed by atoms with Crippen molar-refractivity contribution in [3.05, 3.63) is 81.1 Å². The summed E-state index contributed by atoms with van der Waals surface area (Å²) in [6, 6.07) is 11.4. The van der Waals surface area contributed by atoms with Crippen molar-refractivity contribution in [3.63, 3.8) is 0 Å². The number of primary amides is 1. The third-order valence-electron chi connectivity index (χ3n) is 8.08. The van der Waals surface area contributed by atoms with Gasteiger partial charge in [-0.1, -0.05) is 56.0 Å². The van der Waals surface area contributed by atoms with Crippen LogP contribution in [-0.4, -0.2) is 43.5 Å². The van der Waals surface area contributed by atoms with E-state index in [9.17, 15) is 34.8 Å². The van der Waals surface area contributed by atoms with Gasteiger partial charge < -0.3 is 26.2 Å². The molecule has 0 heterocycles. The van der Waals surface area contributed by atoms with E-state index in [2.05, 4.69) is 11.8 Å². The normalized spacial score (nSPS) is 24.1. The average Bonchev–Trinajstić information content (AvgIpc) is 2.87. The Bertz CT molecular complexity index is 1550. The molecule has 8 nitrogen and oxygen atoms in total. The van der Waals surface area contributed by atoms with E-state index in [1.165, 1.54) is 0 Å². The Kier molecular flexibility index (Phi) is 6.36. The van der Waals surface area contributed by atoms with Gasteiger partial charge in [0.15, 0.2) is 11.4 Å². The molecule has 0 radical (unpaired) electrons. The molecule has 8 heteroatoms. The summed E-state index contributed by atoms with van der Waals surface area (Å²) in [5.74, 6) is -0.398. The number of aromatic hydroxyl groups is 1. The minimum absolute atomic E-state index is 0.000888. The third-order valence-corrected chi connectivity index (χ3v) is 8.08. The molecule has 0 aliphatic heterocycles. The van der Waals surface area contributed by atoms with Gasteiger partial charge in [0.2, 0.25) is 5.78 Å². The van der Waals surface area contributed by atoms with E-state index in [0.29, 0.717) is 17.5 Å². The smallest absolute Gasteiger partial charge is 0.255 e. The lowest BCUT2D eigenvalue weighted by molar-refractivity contribution is -0.147. The number of aliphatic hydroxyl groups is 3. The van der Waals surface area contributed by atoms with Crippen molar-refractivity contribution in [1.82, 2.24) is 0 Å². The second-order valence-electron chi connectivity index (χ2n) is 10.7. The zero-order valence-electron chi connectivity index (χ0n) is 21.6. The highest BCUT2D eigenvalue weighted by molar-refractivity contribution is 6.22. The van der Waals surface area contributed by atoms with Crippen molar-refractivity contribution in [3.8, 4) is 17.6 Å². The number of phenols is 1. The van der Waals surface area contributed by atoms with Crippen LogP contribution in [0.1, 0.15) is 60.4 Å². The number of Topliss-reactive ketones (excluding diaryl/α,β-unsaturated/α-hetero) is 2. The minimum Gasteiger partial charge on any atom is -0.508 e. The lowest BCUT2D eigenvalue weighted by Crippen LogP contribution is -2.58. The molecule has 3 aliphatic carbocycles. The van der Waals surface area contributed by atoms with Crippen LogP contribution in [0, 0.1) is 23.7 Å². The number of carbonyl (C=O) groups excluding carboxylic acids is 3. The van der Waals surface area contributed by atoms with Crippen molar-refractivity contribution in [2.24, 2.45) is 17.6 Å². The van der Waals surface area contributed by atoms with Crippen LogP contribution in [0.2, 0.25) is 0 Å². The molecule has 0 aromatic heterocycles. The Morgan fingerprint density at radius 1 is 1.13 bits per heavy atom. The van der Waals surface area contributed by atoms with Gasteiger partial charge in [-0.2, -0.15) is 0 Å². The number of rotatable bonds is 3. The van der Waals surface area contributed by atoms with Gasteiger partial charge in [-0.3, -0.25) is 14.4 Å². The quantitative estimate of drug-likeness (QED) is 0.303. The fraction of sp³-hybridized carbons (Fsp3) is 0.323. The zero-order chi connectivity index (χ0) is 28.2. The van der Waals surface area contributed by atoms with Crippen molar-refractivity contribution in [2.45, 2.75) is 51.0 Å². The van der Waals surface area contributed by atoms with Crippen molar-refractivity contribution in [2.75, 3.05) is 0 Å². The molecule has 1 saturated carbocycles. The maximum absolute atomic E-state index is 13.7. The van der Waals surface area contributed by atoms with Crippen LogP contribution in [-0.2, 0) is 27.2 Å². The maximum atomic E-state index is 13.7.